The molecule has 5 nitrogen and oxygen atoms in total. The maximum atomic E-state index is 13.7. The highest BCUT2D eigenvalue weighted by atomic mass is 16.2. The van der Waals surface area contributed by atoms with Crippen LogP contribution in [0.25, 0.3) is 5.57 Å². The van der Waals surface area contributed by atoms with Crippen LogP contribution in [0.2, 0.25) is 0 Å². The monoisotopic (exact) mass is 439 g/mol. The van der Waals surface area contributed by atoms with Gasteiger partial charge in [0.1, 0.15) is 5.70 Å². The highest BCUT2D eigenvalue weighted by Crippen LogP contribution is 2.36. The van der Waals surface area contributed by atoms with Crippen molar-refractivity contribution >= 4 is 34.4 Å². The van der Waals surface area contributed by atoms with Gasteiger partial charge in [-0.15, -0.1) is 0 Å². The molecule has 2 amide bonds. The first-order valence-electron chi connectivity index (χ1n) is 11.0. The number of carbonyl (C=O) groups is 2. The van der Waals surface area contributed by atoms with E-state index in [0.29, 0.717) is 17.0 Å². The van der Waals surface area contributed by atoms with Gasteiger partial charge in [0.25, 0.3) is 11.8 Å². The lowest BCUT2D eigenvalue weighted by atomic mass is 9.99. The molecule has 0 fully saturated rings. The Morgan fingerprint density at radius 2 is 1.45 bits per heavy atom. The summed E-state index contributed by atoms with van der Waals surface area (Å²) in [5.41, 5.74) is 7.98. The van der Waals surface area contributed by atoms with Gasteiger partial charge in [0.15, 0.2) is 0 Å². The Bertz CT molecular complexity index is 1290. The second-order valence-corrected chi connectivity index (χ2v) is 8.78. The summed E-state index contributed by atoms with van der Waals surface area (Å²) in [4.78, 5) is 30.7. The molecule has 3 aromatic carbocycles. The molecule has 3 aromatic rings. The van der Waals surface area contributed by atoms with Crippen molar-refractivity contribution in [1.29, 1.82) is 0 Å². The van der Waals surface area contributed by atoms with Crippen molar-refractivity contribution in [1.82, 2.24) is 0 Å². The van der Waals surface area contributed by atoms with E-state index in [1.807, 2.05) is 107 Å². The first kappa shape index (κ1) is 22.3. The van der Waals surface area contributed by atoms with Crippen molar-refractivity contribution in [3.63, 3.8) is 0 Å². The lowest BCUT2D eigenvalue weighted by molar-refractivity contribution is -0.120. The van der Waals surface area contributed by atoms with Crippen LogP contribution < -0.4 is 15.1 Å². The molecule has 0 bridgehead atoms. The molecule has 1 heterocycles. The number of anilines is 3. The quantitative estimate of drug-likeness (QED) is 0.542. The van der Waals surface area contributed by atoms with Crippen LogP contribution in [0.15, 0.2) is 66.4 Å². The average molecular weight is 440 g/mol. The van der Waals surface area contributed by atoms with Gasteiger partial charge in [-0.25, -0.2) is 4.90 Å². The number of hydrogen-bond acceptors (Lipinski definition) is 4. The third-order valence-electron chi connectivity index (χ3n) is 6.35. The van der Waals surface area contributed by atoms with E-state index in [4.69, 9.17) is 0 Å². The minimum absolute atomic E-state index is 0.293. The van der Waals surface area contributed by atoms with Crippen molar-refractivity contribution in [3.8, 4) is 0 Å². The number of aryl methyl sites for hydroxylation is 3. The van der Waals surface area contributed by atoms with Gasteiger partial charge < -0.3 is 10.2 Å². The number of amides is 2. The summed E-state index contributed by atoms with van der Waals surface area (Å²) in [6, 6.07) is 19.3. The van der Waals surface area contributed by atoms with Crippen LogP contribution >= 0.6 is 0 Å². The van der Waals surface area contributed by atoms with Gasteiger partial charge in [-0.2, -0.15) is 0 Å². The summed E-state index contributed by atoms with van der Waals surface area (Å²) in [7, 11) is 3.95. The van der Waals surface area contributed by atoms with E-state index in [2.05, 4.69) is 5.32 Å². The number of imide groups is 1. The molecule has 0 aliphatic carbocycles. The van der Waals surface area contributed by atoms with Gasteiger partial charge in [-0.1, -0.05) is 30.3 Å². The zero-order valence-electron chi connectivity index (χ0n) is 20.0. The van der Waals surface area contributed by atoms with Gasteiger partial charge in [0.05, 0.1) is 11.3 Å². The Morgan fingerprint density at radius 1 is 0.758 bits per heavy atom. The molecule has 4 rings (SSSR count). The Labute approximate surface area is 195 Å². The molecule has 168 valence electrons. The molecule has 33 heavy (non-hydrogen) atoms. The van der Waals surface area contributed by atoms with E-state index in [-0.39, 0.29) is 11.8 Å². The molecule has 1 aliphatic rings. The fraction of sp³-hybridized carbons (Fsp3) is 0.214. The molecule has 0 aromatic heterocycles. The number of rotatable bonds is 5. The summed E-state index contributed by atoms with van der Waals surface area (Å²) >= 11 is 0. The summed E-state index contributed by atoms with van der Waals surface area (Å²) in [6.07, 6.45) is 0. The van der Waals surface area contributed by atoms with Crippen LogP contribution in [0, 0.1) is 27.7 Å². The topological polar surface area (TPSA) is 52.7 Å². The third kappa shape index (κ3) is 4.02. The van der Waals surface area contributed by atoms with Crippen LogP contribution in [-0.2, 0) is 9.59 Å². The van der Waals surface area contributed by atoms with Crippen molar-refractivity contribution in [2.24, 2.45) is 0 Å². The molecular weight excluding hydrogens is 410 g/mol. The molecule has 0 unspecified atom stereocenters. The Balaban J connectivity index is 1.83. The van der Waals surface area contributed by atoms with Crippen molar-refractivity contribution in [2.75, 3.05) is 29.2 Å². The van der Waals surface area contributed by atoms with Crippen LogP contribution in [0.4, 0.5) is 17.1 Å². The number of nitrogens with one attached hydrogen (secondary N) is 1. The molecule has 0 saturated heterocycles. The van der Waals surface area contributed by atoms with E-state index in [1.54, 1.807) is 0 Å². The largest absolute Gasteiger partial charge is 0.378 e. The second kappa shape index (κ2) is 8.58. The number of carbonyl (C=O) groups excluding carboxylic acids is 2. The van der Waals surface area contributed by atoms with E-state index in [1.165, 1.54) is 4.90 Å². The first-order chi connectivity index (χ1) is 15.7. The molecule has 5 heteroatoms. The van der Waals surface area contributed by atoms with E-state index in [9.17, 15) is 9.59 Å². The zero-order valence-corrected chi connectivity index (χ0v) is 20.0. The predicted octanol–water partition coefficient (Wildman–Crippen LogP) is 5.38. The smallest absolute Gasteiger partial charge is 0.282 e. The fourth-order valence-corrected chi connectivity index (χ4v) is 3.99. The van der Waals surface area contributed by atoms with Crippen molar-refractivity contribution in [2.45, 2.75) is 27.7 Å². The highest BCUT2D eigenvalue weighted by Gasteiger charge is 2.41. The number of benzene rings is 3. The first-order valence-corrected chi connectivity index (χ1v) is 11.0. The van der Waals surface area contributed by atoms with Crippen LogP contribution in [0.5, 0.6) is 0 Å². The minimum atomic E-state index is -0.349. The molecule has 0 atom stereocenters. The normalized spacial score (nSPS) is 13.7. The highest BCUT2D eigenvalue weighted by molar-refractivity contribution is 6.46. The van der Waals surface area contributed by atoms with E-state index in [0.717, 1.165) is 39.2 Å². The SMILES string of the molecule is Cc1ccc(C2=C(Nc3ccc(N(C)C)cc3)C(=O)N(c3cccc(C)c3C)C2=O)cc1C. The zero-order chi connectivity index (χ0) is 23.9. The standard InChI is InChI=1S/C28H29N3O2/c1-17-10-11-21(16-19(17)3)25-26(29-22-12-14-23(15-13-22)30(5)6)28(33)31(27(25)32)24-9-7-8-18(2)20(24)4/h7-16,29H,1-6H3. The second-order valence-electron chi connectivity index (χ2n) is 8.78. The van der Waals surface area contributed by atoms with Crippen LogP contribution in [-0.4, -0.2) is 25.9 Å². The summed E-state index contributed by atoms with van der Waals surface area (Å²) in [5, 5.41) is 3.25. The van der Waals surface area contributed by atoms with Crippen molar-refractivity contribution in [3.05, 3.63) is 94.2 Å². The van der Waals surface area contributed by atoms with Gasteiger partial charge in [-0.3, -0.25) is 9.59 Å². The summed E-state index contributed by atoms with van der Waals surface area (Å²) < 4.78 is 0. The van der Waals surface area contributed by atoms with Gasteiger partial charge >= 0.3 is 0 Å². The Morgan fingerprint density at radius 3 is 2.09 bits per heavy atom. The minimum Gasteiger partial charge on any atom is -0.378 e. The molecule has 0 radical (unpaired) electrons. The van der Waals surface area contributed by atoms with E-state index >= 15 is 0 Å². The fourth-order valence-electron chi connectivity index (χ4n) is 3.99. The number of nitrogens with zero attached hydrogens (tertiary/aromatic N) is 2. The van der Waals surface area contributed by atoms with E-state index < -0.39 is 0 Å². The molecular formula is C28H29N3O2. The van der Waals surface area contributed by atoms with Crippen LogP contribution in [0.1, 0.15) is 27.8 Å². The van der Waals surface area contributed by atoms with Gasteiger partial charge in [-0.05, 0) is 85.8 Å². The molecule has 0 spiro atoms. The summed E-state index contributed by atoms with van der Waals surface area (Å²) in [5.74, 6) is -0.664. The predicted molar refractivity (Wildman–Crippen MR) is 136 cm³/mol. The van der Waals surface area contributed by atoms with Gasteiger partial charge in [0.2, 0.25) is 0 Å². The maximum Gasteiger partial charge on any atom is 0.282 e. The summed E-state index contributed by atoms with van der Waals surface area (Å²) in [6.45, 7) is 7.96. The Hall–Kier alpha value is -3.86. The lowest BCUT2D eigenvalue weighted by Gasteiger charge is -2.19. The lowest BCUT2D eigenvalue weighted by Crippen LogP contribution is -2.33. The molecule has 1 aliphatic heterocycles. The van der Waals surface area contributed by atoms with Gasteiger partial charge in [0, 0.05) is 25.5 Å². The molecule has 0 saturated carbocycles. The van der Waals surface area contributed by atoms with Crippen LogP contribution in [0.3, 0.4) is 0 Å². The molecule has 1 N–H and O–H groups in total. The Kier molecular flexibility index (Phi) is 5.81. The average Bonchev–Trinajstić information content (AvgIpc) is 3.02. The number of hydrogen-bond donors (Lipinski definition) is 1. The maximum absolute atomic E-state index is 13.7. The third-order valence-corrected chi connectivity index (χ3v) is 6.35. The van der Waals surface area contributed by atoms with Crippen molar-refractivity contribution < 1.29 is 9.59 Å².